The Hall–Kier alpha value is -2.88. The van der Waals surface area contributed by atoms with E-state index in [2.05, 4.69) is 10.3 Å². The molecule has 0 aliphatic rings. The smallest absolute Gasteiger partial charge is 0.337 e. The molecule has 2 aromatic carbocycles. The molecule has 0 aliphatic carbocycles. The van der Waals surface area contributed by atoms with Crippen molar-refractivity contribution in [2.24, 2.45) is 0 Å². The van der Waals surface area contributed by atoms with Crippen molar-refractivity contribution in [3.05, 3.63) is 70.9 Å². The lowest BCUT2D eigenvalue weighted by atomic mass is 10.0. The lowest BCUT2D eigenvalue weighted by Gasteiger charge is -2.07. The largest absolute Gasteiger partial charge is 0.772 e. The highest BCUT2D eigenvalue weighted by molar-refractivity contribution is 7.78. The van der Waals surface area contributed by atoms with E-state index in [4.69, 9.17) is 4.74 Å². The van der Waals surface area contributed by atoms with Crippen molar-refractivity contribution in [3.63, 3.8) is 0 Å². The zero-order chi connectivity index (χ0) is 22.4. The average Bonchev–Trinajstić information content (AvgIpc) is 3.14. The standard InChI is InChI=1S/C22H22N2O5S2/c1-14(25)23-22-24-19(12-7-15-3-10-18(11-4-15)21(26)29-2)20(30-22)17-8-5-16(6-9-17)13-31(27)28/h3-6,8-11H,7,12-13H2,1-2H3,(H,27,28)(H,23,24,25)/p-1. The van der Waals surface area contributed by atoms with Crippen LogP contribution < -0.4 is 5.32 Å². The highest BCUT2D eigenvalue weighted by atomic mass is 32.2. The molecule has 9 heteroatoms. The number of benzene rings is 2. The number of hydrogen-bond donors (Lipinski definition) is 1. The van der Waals surface area contributed by atoms with Crippen LogP contribution in [0.3, 0.4) is 0 Å². The number of ether oxygens (including phenoxy) is 1. The number of nitrogens with one attached hydrogen (secondary N) is 1. The van der Waals surface area contributed by atoms with Gasteiger partial charge in [0.15, 0.2) is 5.13 Å². The number of carbonyl (C=O) groups excluding carboxylic acids is 2. The van der Waals surface area contributed by atoms with Gasteiger partial charge in [0.1, 0.15) is 0 Å². The first-order valence-corrected chi connectivity index (χ1v) is 11.5. The molecular weight excluding hydrogens is 436 g/mol. The van der Waals surface area contributed by atoms with Crippen LogP contribution in [-0.4, -0.2) is 32.7 Å². The first-order chi connectivity index (χ1) is 14.9. The molecule has 0 bridgehead atoms. The number of esters is 1. The predicted octanol–water partition coefficient (Wildman–Crippen LogP) is 3.72. The molecule has 0 saturated heterocycles. The van der Waals surface area contributed by atoms with Crippen molar-refractivity contribution in [1.29, 1.82) is 0 Å². The Balaban J connectivity index is 1.81. The third kappa shape index (κ3) is 6.30. The highest BCUT2D eigenvalue weighted by Gasteiger charge is 2.15. The summed E-state index contributed by atoms with van der Waals surface area (Å²) < 4.78 is 26.5. The third-order valence-corrected chi connectivity index (χ3v) is 6.14. The van der Waals surface area contributed by atoms with Crippen LogP contribution in [0.4, 0.5) is 5.13 Å². The van der Waals surface area contributed by atoms with E-state index < -0.39 is 11.1 Å². The van der Waals surface area contributed by atoms with E-state index in [1.165, 1.54) is 25.4 Å². The van der Waals surface area contributed by atoms with Gasteiger partial charge in [-0.2, -0.15) is 0 Å². The van der Waals surface area contributed by atoms with Gasteiger partial charge in [-0.3, -0.25) is 9.00 Å². The summed E-state index contributed by atoms with van der Waals surface area (Å²) in [4.78, 5) is 28.6. The van der Waals surface area contributed by atoms with Gasteiger partial charge in [-0.15, -0.1) is 0 Å². The predicted molar refractivity (Wildman–Crippen MR) is 120 cm³/mol. The molecule has 0 saturated carbocycles. The topological polar surface area (TPSA) is 108 Å². The lowest BCUT2D eigenvalue weighted by molar-refractivity contribution is -0.114. The molecule has 0 radical (unpaired) electrons. The number of aromatic nitrogens is 1. The summed E-state index contributed by atoms with van der Waals surface area (Å²) in [5, 5.41) is 3.25. The van der Waals surface area contributed by atoms with Gasteiger partial charge in [0.05, 0.1) is 23.2 Å². The van der Waals surface area contributed by atoms with E-state index in [9.17, 15) is 18.4 Å². The Morgan fingerprint density at radius 1 is 1.06 bits per heavy atom. The van der Waals surface area contributed by atoms with Gasteiger partial charge in [0.2, 0.25) is 5.91 Å². The second-order valence-corrected chi connectivity index (χ2v) is 8.70. The van der Waals surface area contributed by atoms with Crippen LogP contribution in [0.1, 0.15) is 34.1 Å². The van der Waals surface area contributed by atoms with Crippen molar-refractivity contribution >= 4 is 39.4 Å². The Bertz CT molecular complexity index is 1090. The number of thiazole rings is 1. The zero-order valence-electron chi connectivity index (χ0n) is 17.0. The molecule has 1 heterocycles. The zero-order valence-corrected chi connectivity index (χ0v) is 18.7. The molecule has 3 aromatic rings. The number of hydrogen-bond acceptors (Lipinski definition) is 7. The van der Waals surface area contributed by atoms with Crippen molar-refractivity contribution in [2.75, 3.05) is 12.4 Å². The number of aryl methyl sites for hydroxylation is 2. The second kappa shape index (κ2) is 10.4. The van der Waals surface area contributed by atoms with Gasteiger partial charge in [0.25, 0.3) is 0 Å². The van der Waals surface area contributed by atoms with Gasteiger partial charge < -0.3 is 14.6 Å². The van der Waals surface area contributed by atoms with E-state index >= 15 is 0 Å². The number of nitrogens with zero attached hydrogens (tertiary/aromatic N) is 1. The Labute approximate surface area is 186 Å². The number of carbonyl (C=O) groups is 2. The summed E-state index contributed by atoms with van der Waals surface area (Å²) in [6, 6.07) is 14.5. The highest BCUT2D eigenvalue weighted by Crippen LogP contribution is 2.34. The minimum atomic E-state index is -2.14. The fourth-order valence-electron chi connectivity index (χ4n) is 3.03. The maximum atomic E-state index is 11.6. The van der Waals surface area contributed by atoms with E-state index in [-0.39, 0.29) is 17.6 Å². The second-order valence-electron chi connectivity index (χ2n) is 6.81. The SMILES string of the molecule is COC(=O)c1ccc(CCc2nc(NC(C)=O)sc2-c2ccc(CS(=O)[O-])cc2)cc1. The monoisotopic (exact) mass is 457 g/mol. The number of rotatable bonds is 8. The van der Waals surface area contributed by atoms with Gasteiger partial charge >= 0.3 is 5.97 Å². The van der Waals surface area contributed by atoms with E-state index in [1.54, 1.807) is 24.3 Å². The fraction of sp³-hybridized carbons (Fsp3) is 0.227. The van der Waals surface area contributed by atoms with Crippen LogP contribution in [-0.2, 0) is 39.2 Å². The number of amides is 1. The van der Waals surface area contributed by atoms with Crippen molar-refractivity contribution in [1.82, 2.24) is 4.98 Å². The normalized spacial score (nSPS) is 11.7. The minimum Gasteiger partial charge on any atom is -0.772 e. The Kier molecular flexibility index (Phi) is 7.67. The molecule has 7 nitrogen and oxygen atoms in total. The van der Waals surface area contributed by atoms with Crippen molar-refractivity contribution in [3.8, 4) is 10.4 Å². The quantitative estimate of drug-likeness (QED) is 0.408. The molecule has 1 unspecified atom stereocenters. The summed E-state index contributed by atoms with van der Waals surface area (Å²) in [6.07, 6.45) is 1.33. The summed E-state index contributed by atoms with van der Waals surface area (Å²) in [5.41, 5.74) is 3.99. The van der Waals surface area contributed by atoms with Gasteiger partial charge in [-0.1, -0.05) is 58.8 Å². The molecule has 1 N–H and O–H groups in total. The van der Waals surface area contributed by atoms with Crippen molar-refractivity contribution < 1.29 is 23.1 Å². The van der Waals surface area contributed by atoms with Crippen LogP contribution in [0.5, 0.6) is 0 Å². The maximum absolute atomic E-state index is 11.6. The van der Waals surface area contributed by atoms with Crippen LogP contribution in [0.2, 0.25) is 0 Å². The number of anilines is 1. The third-order valence-electron chi connectivity index (χ3n) is 4.51. The molecular formula is C22H21N2O5S2-. The summed E-state index contributed by atoms with van der Waals surface area (Å²) >= 11 is -0.761. The Morgan fingerprint density at radius 2 is 1.71 bits per heavy atom. The lowest BCUT2D eigenvalue weighted by Crippen LogP contribution is -2.05. The molecule has 1 aromatic heterocycles. The molecule has 1 atom stereocenters. The van der Waals surface area contributed by atoms with E-state index in [0.29, 0.717) is 29.1 Å². The van der Waals surface area contributed by atoms with Crippen molar-refractivity contribution in [2.45, 2.75) is 25.5 Å². The van der Waals surface area contributed by atoms with Gasteiger partial charge in [-0.25, -0.2) is 9.78 Å². The average molecular weight is 458 g/mol. The molecule has 31 heavy (non-hydrogen) atoms. The summed E-state index contributed by atoms with van der Waals surface area (Å²) in [6.45, 7) is 1.43. The maximum Gasteiger partial charge on any atom is 0.337 e. The van der Waals surface area contributed by atoms with Gasteiger partial charge in [0, 0.05) is 12.7 Å². The van der Waals surface area contributed by atoms with Gasteiger partial charge in [-0.05, 0) is 41.7 Å². The van der Waals surface area contributed by atoms with Crippen LogP contribution in [0.25, 0.3) is 10.4 Å². The van der Waals surface area contributed by atoms with Crippen LogP contribution in [0.15, 0.2) is 48.5 Å². The fourth-order valence-corrected chi connectivity index (χ4v) is 4.56. The van der Waals surface area contributed by atoms with E-state index in [0.717, 1.165) is 21.7 Å². The molecule has 1 amide bonds. The first-order valence-electron chi connectivity index (χ1n) is 9.45. The first kappa shape index (κ1) is 22.8. The summed E-state index contributed by atoms with van der Waals surface area (Å²) in [5.74, 6) is -0.606. The minimum absolute atomic E-state index is 0.0332. The molecule has 0 spiro atoms. The molecule has 162 valence electrons. The Morgan fingerprint density at radius 3 is 2.29 bits per heavy atom. The molecule has 0 aliphatic heterocycles. The van der Waals surface area contributed by atoms with Crippen LogP contribution in [0, 0.1) is 0 Å². The van der Waals surface area contributed by atoms with Crippen LogP contribution >= 0.6 is 11.3 Å². The summed E-state index contributed by atoms with van der Waals surface area (Å²) in [7, 11) is 1.35. The molecule has 0 fully saturated rings. The number of methoxy groups -OCH3 is 1. The van der Waals surface area contributed by atoms with E-state index in [1.807, 2.05) is 24.3 Å². The molecule has 3 rings (SSSR count).